The van der Waals surface area contributed by atoms with Gasteiger partial charge in [0.05, 0.1) is 5.54 Å². The number of nitrogens with two attached hydrogens (primary N) is 2. The van der Waals surface area contributed by atoms with Crippen molar-refractivity contribution in [1.29, 1.82) is 0 Å². The second-order valence-corrected chi connectivity index (χ2v) is 5.39. The van der Waals surface area contributed by atoms with E-state index in [0.717, 1.165) is 38.4 Å². The lowest BCUT2D eigenvalue weighted by molar-refractivity contribution is -0.122. The molecule has 0 fully saturated rings. The smallest absolute Gasteiger partial charge is 0.237 e. The average Bonchev–Trinajstić information content (AvgIpc) is 2.21. The van der Waals surface area contributed by atoms with Gasteiger partial charge < -0.3 is 16.2 Å². The van der Waals surface area contributed by atoms with Crippen molar-refractivity contribution in [2.75, 3.05) is 13.2 Å². The van der Waals surface area contributed by atoms with Gasteiger partial charge in [0.2, 0.25) is 5.91 Å². The van der Waals surface area contributed by atoms with Crippen LogP contribution in [0.2, 0.25) is 0 Å². The van der Waals surface area contributed by atoms with Crippen LogP contribution >= 0.6 is 0 Å². The van der Waals surface area contributed by atoms with Crippen LogP contribution in [0.3, 0.4) is 0 Å². The number of carbonyl (C=O) groups is 1. The van der Waals surface area contributed by atoms with Crippen LogP contribution in [0, 0.1) is 5.92 Å². The molecule has 0 radical (unpaired) electrons. The zero-order valence-corrected chi connectivity index (χ0v) is 11.5. The fourth-order valence-corrected chi connectivity index (χ4v) is 1.52. The monoisotopic (exact) mass is 244 g/mol. The van der Waals surface area contributed by atoms with Gasteiger partial charge in [0.15, 0.2) is 0 Å². The molecule has 0 aliphatic rings. The topological polar surface area (TPSA) is 78.3 Å². The van der Waals surface area contributed by atoms with Gasteiger partial charge in [-0.2, -0.15) is 0 Å². The third kappa shape index (κ3) is 9.12. The first-order chi connectivity index (χ1) is 7.86. The molecule has 17 heavy (non-hydrogen) atoms. The molecule has 1 atom stereocenters. The normalized spacial score (nSPS) is 14.9. The number of hydrogen-bond acceptors (Lipinski definition) is 3. The molecule has 0 saturated heterocycles. The first kappa shape index (κ1) is 16.4. The van der Waals surface area contributed by atoms with E-state index in [1.165, 1.54) is 6.42 Å². The highest BCUT2D eigenvalue weighted by atomic mass is 16.5. The molecule has 4 N–H and O–H groups in total. The van der Waals surface area contributed by atoms with Gasteiger partial charge in [0, 0.05) is 13.2 Å². The minimum atomic E-state index is -0.877. The van der Waals surface area contributed by atoms with Crippen molar-refractivity contribution in [3.8, 4) is 0 Å². The van der Waals surface area contributed by atoms with Gasteiger partial charge in [-0.1, -0.05) is 13.8 Å². The zero-order chi connectivity index (χ0) is 13.3. The fourth-order valence-electron chi connectivity index (χ4n) is 1.52. The summed E-state index contributed by atoms with van der Waals surface area (Å²) in [6.07, 6.45) is 4.76. The molecule has 0 aliphatic carbocycles. The molecule has 0 aromatic heterocycles. The van der Waals surface area contributed by atoms with Crippen molar-refractivity contribution in [2.45, 2.75) is 58.4 Å². The number of ether oxygens (including phenoxy) is 1. The molecule has 1 amide bonds. The zero-order valence-electron chi connectivity index (χ0n) is 11.5. The lowest BCUT2D eigenvalue weighted by Gasteiger charge is -2.19. The Morgan fingerprint density at radius 3 is 2.35 bits per heavy atom. The number of carbonyl (C=O) groups excluding carboxylic acids is 1. The highest BCUT2D eigenvalue weighted by Crippen LogP contribution is 2.10. The number of rotatable bonds is 10. The number of hydrogen-bond donors (Lipinski definition) is 2. The van der Waals surface area contributed by atoms with Crippen LogP contribution in [0.15, 0.2) is 0 Å². The van der Waals surface area contributed by atoms with Gasteiger partial charge >= 0.3 is 0 Å². The first-order valence-corrected chi connectivity index (χ1v) is 6.53. The Labute approximate surface area is 105 Å². The van der Waals surface area contributed by atoms with E-state index >= 15 is 0 Å². The minimum Gasteiger partial charge on any atom is -0.381 e. The Balaban J connectivity index is 3.33. The van der Waals surface area contributed by atoms with Crippen LogP contribution in [0.25, 0.3) is 0 Å². The van der Waals surface area contributed by atoms with Gasteiger partial charge in [0.1, 0.15) is 0 Å². The van der Waals surface area contributed by atoms with Crippen molar-refractivity contribution >= 4 is 5.91 Å². The van der Waals surface area contributed by atoms with E-state index in [4.69, 9.17) is 16.2 Å². The Kier molecular flexibility index (Phi) is 8.17. The Hall–Kier alpha value is -0.610. The fraction of sp³-hybridized carbons (Fsp3) is 0.923. The number of amides is 1. The molecule has 0 aromatic carbocycles. The quantitative estimate of drug-likeness (QED) is 0.575. The van der Waals surface area contributed by atoms with E-state index in [9.17, 15) is 4.79 Å². The Morgan fingerprint density at radius 1 is 1.24 bits per heavy atom. The van der Waals surface area contributed by atoms with Gasteiger partial charge in [0.25, 0.3) is 0 Å². The van der Waals surface area contributed by atoms with Crippen molar-refractivity contribution in [2.24, 2.45) is 17.4 Å². The van der Waals surface area contributed by atoms with Crippen molar-refractivity contribution in [3.63, 3.8) is 0 Å². The summed E-state index contributed by atoms with van der Waals surface area (Å²) in [6.45, 7) is 7.68. The lowest BCUT2D eigenvalue weighted by atomic mass is 9.96. The van der Waals surface area contributed by atoms with Crippen LogP contribution in [0.1, 0.15) is 52.9 Å². The van der Waals surface area contributed by atoms with E-state index in [0.29, 0.717) is 6.42 Å². The molecule has 1 unspecified atom stereocenters. The molecule has 0 spiro atoms. The van der Waals surface area contributed by atoms with Crippen molar-refractivity contribution in [3.05, 3.63) is 0 Å². The molecule has 0 aliphatic heterocycles. The van der Waals surface area contributed by atoms with E-state index in [2.05, 4.69) is 13.8 Å². The van der Waals surface area contributed by atoms with Crippen LogP contribution < -0.4 is 11.5 Å². The van der Waals surface area contributed by atoms with Gasteiger partial charge in [-0.25, -0.2) is 0 Å². The molecule has 102 valence electrons. The molecule has 0 bridgehead atoms. The maximum absolute atomic E-state index is 11.0. The first-order valence-electron chi connectivity index (χ1n) is 6.53. The SMILES string of the molecule is CC(C)CCCOCCCCC(C)(N)C(N)=O. The van der Waals surface area contributed by atoms with Gasteiger partial charge in [-0.15, -0.1) is 0 Å². The maximum Gasteiger partial charge on any atom is 0.237 e. The third-order valence-electron chi connectivity index (χ3n) is 2.87. The molecular formula is C13H28N2O2. The van der Waals surface area contributed by atoms with Crippen LogP contribution in [0.5, 0.6) is 0 Å². The third-order valence-corrected chi connectivity index (χ3v) is 2.87. The molecule has 0 saturated carbocycles. The Bertz CT molecular complexity index is 215. The highest BCUT2D eigenvalue weighted by molar-refractivity contribution is 5.83. The van der Waals surface area contributed by atoms with E-state index < -0.39 is 11.4 Å². The second kappa shape index (κ2) is 8.48. The number of primary amides is 1. The summed E-state index contributed by atoms with van der Waals surface area (Å²) >= 11 is 0. The van der Waals surface area contributed by atoms with E-state index in [1.54, 1.807) is 6.92 Å². The average molecular weight is 244 g/mol. The molecular weight excluding hydrogens is 216 g/mol. The molecule has 0 heterocycles. The minimum absolute atomic E-state index is 0.435. The summed E-state index contributed by atoms with van der Waals surface area (Å²) in [5.41, 5.74) is 10.0. The predicted octanol–water partition coefficient (Wildman–Crippen LogP) is 1.81. The van der Waals surface area contributed by atoms with Crippen LogP contribution in [-0.2, 0) is 9.53 Å². The summed E-state index contributed by atoms with van der Waals surface area (Å²) in [5.74, 6) is 0.308. The van der Waals surface area contributed by atoms with Crippen LogP contribution in [0.4, 0.5) is 0 Å². The summed E-state index contributed by atoms with van der Waals surface area (Å²) in [5, 5.41) is 0. The standard InChI is InChI=1S/C13H28N2O2/c1-11(2)7-6-10-17-9-5-4-8-13(3,15)12(14)16/h11H,4-10,15H2,1-3H3,(H2,14,16). The second-order valence-electron chi connectivity index (χ2n) is 5.39. The van der Waals surface area contributed by atoms with Gasteiger partial charge in [-0.05, 0) is 44.9 Å². The van der Waals surface area contributed by atoms with Gasteiger partial charge in [-0.3, -0.25) is 4.79 Å². The summed E-state index contributed by atoms with van der Waals surface area (Å²) in [4.78, 5) is 11.0. The highest BCUT2D eigenvalue weighted by Gasteiger charge is 2.24. The summed E-state index contributed by atoms with van der Waals surface area (Å²) in [7, 11) is 0. The molecule has 4 nitrogen and oxygen atoms in total. The van der Waals surface area contributed by atoms with E-state index in [1.807, 2.05) is 0 Å². The summed E-state index contributed by atoms with van der Waals surface area (Å²) in [6, 6.07) is 0. The van der Waals surface area contributed by atoms with Crippen LogP contribution in [-0.4, -0.2) is 24.7 Å². The lowest BCUT2D eigenvalue weighted by Crippen LogP contribution is -2.49. The number of unbranched alkanes of at least 4 members (excludes halogenated alkanes) is 1. The maximum atomic E-state index is 11.0. The van der Waals surface area contributed by atoms with Crippen molar-refractivity contribution < 1.29 is 9.53 Å². The largest absolute Gasteiger partial charge is 0.381 e. The van der Waals surface area contributed by atoms with E-state index in [-0.39, 0.29) is 0 Å². The summed E-state index contributed by atoms with van der Waals surface area (Å²) < 4.78 is 5.50. The molecule has 0 rings (SSSR count). The van der Waals surface area contributed by atoms with Crippen molar-refractivity contribution in [1.82, 2.24) is 0 Å². The predicted molar refractivity (Wildman–Crippen MR) is 70.5 cm³/mol. The molecule has 4 heteroatoms. The molecule has 0 aromatic rings. The Morgan fingerprint density at radius 2 is 1.82 bits per heavy atom.